The summed E-state index contributed by atoms with van der Waals surface area (Å²) in [6, 6.07) is 11.4. The molecule has 0 saturated heterocycles. The molecule has 1 aliphatic rings. The van der Waals surface area contributed by atoms with E-state index in [1.807, 2.05) is 24.3 Å². The molecule has 0 spiro atoms. The first-order valence-corrected chi connectivity index (χ1v) is 7.54. The highest BCUT2D eigenvalue weighted by molar-refractivity contribution is 9.10. The molecule has 0 atom stereocenters. The van der Waals surface area contributed by atoms with E-state index in [9.17, 15) is 9.18 Å². The summed E-state index contributed by atoms with van der Waals surface area (Å²) < 4.78 is 24.5. The van der Waals surface area contributed by atoms with E-state index in [1.54, 1.807) is 4.90 Å². The van der Waals surface area contributed by atoms with Crippen molar-refractivity contribution in [3.63, 3.8) is 0 Å². The van der Waals surface area contributed by atoms with Gasteiger partial charge in [-0.3, -0.25) is 4.79 Å². The van der Waals surface area contributed by atoms with Crippen LogP contribution in [0.25, 0.3) is 0 Å². The Morgan fingerprint density at radius 2 is 2.14 bits per heavy atom. The number of fused-ring (bicyclic) bond motifs is 1. The zero-order chi connectivity index (χ0) is 15.5. The number of nitrogens with zero attached hydrogens (tertiary/aromatic N) is 1. The fourth-order valence-electron chi connectivity index (χ4n) is 2.24. The van der Waals surface area contributed by atoms with Crippen molar-refractivity contribution >= 4 is 27.5 Å². The summed E-state index contributed by atoms with van der Waals surface area (Å²) in [4.78, 5) is 14.0. The predicted molar refractivity (Wildman–Crippen MR) is 83.9 cm³/mol. The number of halogens is 2. The lowest BCUT2D eigenvalue weighted by atomic mass is 10.2. The van der Waals surface area contributed by atoms with Gasteiger partial charge in [-0.25, -0.2) is 4.39 Å². The van der Waals surface area contributed by atoms with E-state index in [1.165, 1.54) is 18.2 Å². The van der Waals surface area contributed by atoms with E-state index in [-0.39, 0.29) is 18.3 Å². The minimum absolute atomic E-state index is 0.126. The fourth-order valence-corrected chi connectivity index (χ4v) is 2.70. The van der Waals surface area contributed by atoms with Crippen molar-refractivity contribution in [2.24, 2.45) is 0 Å². The molecular formula is C16H13BrFNO3. The van der Waals surface area contributed by atoms with Crippen LogP contribution >= 0.6 is 15.9 Å². The van der Waals surface area contributed by atoms with Crippen LogP contribution in [0.3, 0.4) is 0 Å². The molecule has 0 radical (unpaired) electrons. The Bertz CT molecular complexity index is 708. The number of carbonyl (C=O) groups is 1. The van der Waals surface area contributed by atoms with Gasteiger partial charge in [0.2, 0.25) is 0 Å². The first-order valence-electron chi connectivity index (χ1n) is 6.75. The second-order valence-electron chi connectivity index (χ2n) is 4.72. The number of benzene rings is 2. The highest BCUT2D eigenvalue weighted by Crippen LogP contribution is 2.31. The topological polar surface area (TPSA) is 38.8 Å². The highest BCUT2D eigenvalue weighted by Gasteiger charge is 2.23. The molecule has 4 nitrogen and oxygen atoms in total. The average molecular weight is 366 g/mol. The molecule has 1 aliphatic heterocycles. The van der Waals surface area contributed by atoms with Crippen molar-refractivity contribution < 1.29 is 18.7 Å². The van der Waals surface area contributed by atoms with E-state index in [2.05, 4.69) is 15.9 Å². The molecule has 0 aliphatic carbocycles. The number of hydrogen-bond donors (Lipinski definition) is 0. The zero-order valence-electron chi connectivity index (χ0n) is 11.6. The fraction of sp³-hybridized carbons (Fsp3) is 0.188. The van der Waals surface area contributed by atoms with Gasteiger partial charge in [-0.2, -0.15) is 0 Å². The summed E-state index contributed by atoms with van der Waals surface area (Å²) in [5.74, 6) is 0.570. The third kappa shape index (κ3) is 3.06. The maximum atomic E-state index is 13.0. The number of carbonyl (C=O) groups excluding carboxylic acids is 1. The van der Waals surface area contributed by atoms with Gasteiger partial charge in [0.15, 0.2) is 6.61 Å². The zero-order valence-corrected chi connectivity index (χ0v) is 13.2. The standard InChI is InChI=1S/C16H13BrFNO3/c17-12-9-11(18)5-6-14(12)22-10-16(20)19-7-8-21-15-4-2-1-3-13(15)19/h1-6,9H,7-8,10H2. The Kier molecular flexibility index (Phi) is 4.29. The molecule has 0 fully saturated rings. The van der Waals surface area contributed by atoms with Crippen LogP contribution in [0, 0.1) is 5.82 Å². The van der Waals surface area contributed by atoms with Crippen LogP contribution in [0.15, 0.2) is 46.9 Å². The van der Waals surface area contributed by atoms with E-state index >= 15 is 0 Å². The van der Waals surface area contributed by atoms with Crippen molar-refractivity contribution in [3.05, 3.63) is 52.8 Å². The minimum atomic E-state index is -0.368. The van der Waals surface area contributed by atoms with Crippen LogP contribution in [-0.4, -0.2) is 25.7 Å². The molecule has 0 saturated carbocycles. The summed E-state index contributed by atoms with van der Waals surface area (Å²) in [5, 5.41) is 0. The normalized spacial score (nSPS) is 13.3. The smallest absolute Gasteiger partial charge is 0.265 e. The van der Waals surface area contributed by atoms with Crippen molar-refractivity contribution in [1.29, 1.82) is 0 Å². The molecule has 2 aromatic rings. The number of para-hydroxylation sites is 2. The maximum Gasteiger partial charge on any atom is 0.265 e. The molecule has 0 aromatic heterocycles. The van der Waals surface area contributed by atoms with Gasteiger partial charge >= 0.3 is 0 Å². The molecule has 1 amide bonds. The number of ether oxygens (including phenoxy) is 2. The van der Waals surface area contributed by atoms with Gasteiger partial charge in [0, 0.05) is 0 Å². The largest absolute Gasteiger partial charge is 0.490 e. The van der Waals surface area contributed by atoms with Crippen LogP contribution < -0.4 is 14.4 Å². The van der Waals surface area contributed by atoms with Gasteiger partial charge in [0.1, 0.15) is 23.9 Å². The molecule has 22 heavy (non-hydrogen) atoms. The summed E-state index contributed by atoms with van der Waals surface area (Å²) in [5.41, 5.74) is 0.737. The van der Waals surface area contributed by atoms with Crippen molar-refractivity contribution in [1.82, 2.24) is 0 Å². The number of rotatable bonds is 3. The van der Waals surface area contributed by atoms with E-state index in [4.69, 9.17) is 9.47 Å². The Balaban J connectivity index is 1.70. The minimum Gasteiger partial charge on any atom is -0.490 e. The highest BCUT2D eigenvalue weighted by atomic mass is 79.9. The molecule has 2 aromatic carbocycles. The number of hydrogen-bond acceptors (Lipinski definition) is 3. The lowest BCUT2D eigenvalue weighted by Gasteiger charge is -2.29. The molecular weight excluding hydrogens is 353 g/mol. The van der Waals surface area contributed by atoms with Crippen molar-refractivity contribution in [2.45, 2.75) is 0 Å². The molecule has 114 valence electrons. The van der Waals surface area contributed by atoms with Crippen LogP contribution in [0.4, 0.5) is 10.1 Å². The first kappa shape index (κ1) is 14.8. The van der Waals surface area contributed by atoms with Crippen LogP contribution in [0.5, 0.6) is 11.5 Å². The van der Waals surface area contributed by atoms with Crippen molar-refractivity contribution in [3.8, 4) is 11.5 Å². The Hall–Kier alpha value is -2.08. The second kappa shape index (κ2) is 6.36. The van der Waals surface area contributed by atoms with Gasteiger partial charge in [-0.15, -0.1) is 0 Å². The Morgan fingerprint density at radius 1 is 1.32 bits per heavy atom. The summed E-state index contributed by atoms with van der Waals surface area (Å²) in [7, 11) is 0. The maximum absolute atomic E-state index is 13.0. The third-order valence-electron chi connectivity index (χ3n) is 3.27. The van der Waals surface area contributed by atoms with Crippen molar-refractivity contribution in [2.75, 3.05) is 24.7 Å². The van der Waals surface area contributed by atoms with E-state index < -0.39 is 0 Å². The van der Waals surface area contributed by atoms with Crippen LogP contribution in [0.1, 0.15) is 0 Å². The lowest BCUT2D eigenvalue weighted by molar-refractivity contribution is -0.120. The van der Waals surface area contributed by atoms with Gasteiger partial charge in [0.05, 0.1) is 16.7 Å². The molecule has 6 heteroatoms. The lowest BCUT2D eigenvalue weighted by Crippen LogP contribution is -2.40. The van der Waals surface area contributed by atoms with Gasteiger partial charge in [-0.05, 0) is 46.3 Å². The SMILES string of the molecule is O=C(COc1ccc(F)cc1Br)N1CCOc2ccccc21. The number of amides is 1. The van der Waals surface area contributed by atoms with Crippen LogP contribution in [0.2, 0.25) is 0 Å². The van der Waals surface area contributed by atoms with E-state index in [0.717, 1.165) is 5.69 Å². The van der Waals surface area contributed by atoms with Gasteiger partial charge in [0.25, 0.3) is 5.91 Å². The first-order chi connectivity index (χ1) is 10.6. The third-order valence-corrected chi connectivity index (χ3v) is 3.89. The van der Waals surface area contributed by atoms with E-state index in [0.29, 0.717) is 29.1 Å². The number of anilines is 1. The Morgan fingerprint density at radius 3 is 2.95 bits per heavy atom. The molecule has 0 bridgehead atoms. The Labute approximate surface area is 135 Å². The van der Waals surface area contributed by atoms with Gasteiger partial charge in [-0.1, -0.05) is 12.1 Å². The molecule has 0 N–H and O–H groups in total. The molecule has 1 heterocycles. The monoisotopic (exact) mass is 365 g/mol. The molecule has 0 unspecified atom stereocenters. The summed E-state index contributed by atoms with van der Waals surface area (Å²) in [6.45, 7) is 0.797. The summed E-state index contributed by atoms with van der Waals surface area (Å²) >= 11 is 3.21. The van der Waals surface area contributed by atoms with Crippen LogP contribution in [-0.2, 0) is 4.79 Å². The molecule has 3 rings (SSSR count). The van der Waals surface area contributed by atoms with Gasteiger partial charge < -0.3 is 14.4 Å². The quantitative estimate of drug-likeness (QED) is 0.836. The average Bonchev–Trinajstić information content (AvgIpc) is 2.53. The second-order valence-corrected chi connectivity index (χ2v) is 5.58. The summed E-state index contributed by atoms with van der Waals surface area (Å²) in [6.07, 6.45) is 0. The predicted octanol–water partition coefficient (Wildman–Crippen LogP) is 3.39.